The Morgan fingerprint density at radius 3 is 2.31 bits per heavy atom. The Balaban J connectivity index is 1.59. The molecular formula is C18H12N2O5S. The van der Waals surface area contributed by atoms with Crippen LogP contribution in [-0.4, -0.2) is 27.8 Å². The van der Waals surface area contributed by atoms with Crippen LogP contribution in [0.5, 0.6) is 0 Å². The summed E-state index contributed by atoms with van der Waals surface area (Å²) in [4.78, 5) is 46.6. The van der Waals surface area contributed by atoms with Gasteiger partial charge in [0, 0.05) is 0 Å². The minimum Gasteiger partial charge on any atom is -0.459 e. The van der Waals surface area contributed by atoms with Crippen LogP contribution >= 0.6 is 11.3 Å². The Labute approximate surface area is 151 Å². The van der Waals surface area contributed by atoms with Crippen LogP contribution in [0.2, 0.25) is 0 Å². The van der Waals surface area contributed by atoms with Gasteiger partial charge in [0.25, 0.3) is 11.8 Å². The summed E-state index contributed by atoms with van der Waals surface area (Å²) in [5, 5.41) is 1.01. The van der Waals surface area contributed by atoms with E-state index < -0.39 is 17.8 Å². The van der Waals surface area contributed by atoms with Crippen LogP contribution in [0.4, 0.5) is 0 Å². The molecule has 2 amide bonds. The van der Waals surface area contributed by atoms with E-state index in [9.17, 15) is 14.4 Å². The van der Waals surface area contributed by atoms with E-state index in [4.69, 9.17) is 9.25 Å². The van der Waals surface area contributed by atoms with Gasteiger partial charge in [0.15, 0.2) is 10.8 Å². The van der Waals surface area contributed by atoms with E-state index in [-0.39, 0.29) is 16.0 Å². The minimum atomic E-state index is -0.816. The molecular weight excluding hydrogens is 356 g/mol. The van der Waals surface area contributed by atoms with Crippen molar-refractivity contribution >= 4 is 29.1 Å². The highest BCUT2D eigenvalue weighted by Crippen LogP contribution is 2.31. The first-order valence-corrected chi connectivity index (χ1v) is 8.51. The van der Waals surface area contributed by atoms with Gasteiger partial charge in [-0.25, -0.2) is 9.78 Å². The van der Waals surface area contributed by atoms with E-state index in [1.807, 2.05) is 0 Å². The molecule has 0 spiro atoms. The molecule has 0 fully saturated rings. The zero-order chi connectivity index (χ0) is 18.4. The second kappa shape index (κ2) is 5.92. The first-order valence-electron chi connectivity index (χ1n) is 7.70. The maximum Gasteiger partial charge on any atom is 0.375 e. The number of carbonyl (C=O) groups excluding carboxylic acids is 3. The number of aromatic nitrogens is 1. The van der Waals surface area contributed by atoms with E-state index in [0.29, 0.717) is 21.5 Å². The molecule has 0 radical (unpaired) electrons. The number of hydrogen-bond acceptors (Lipinski definition) is 7. The molecule has 7 nitrogen and oxygen atoms in total. The molecule has 0 saturated heterocycles. The predicted octanol–water partition coefficient (Wildman–Crippen LogP) is 3.39. The fourth-order valence-electron chi connectivity index (χ4n) is 2.62. The van der Waals surface area contributed by atoms with Gasteiger partial charge in [-0.05, 0) is 38.1 Å². The highest BCUT2D eigenvalue weighted by atomic mass is 32.1. The van der Waals surface area contributed by atoms with Crippen molar-refractivity contribution in [2.75, 3.05) is 0 Å². The monoisotopic (exact) mass is 368 g/mol. The number of rotatable bonds is 3. The number of hydrogen-bond donors (Lipinski definition) is 0. The molecule has 0 atom stereocenters. The highest BCUT2D eigenvalue weighted by Gasteiger charge is 2.39. The Morgan fingerprint density at radius 2 is 1.73 bits per heavy atom. The lowest BCUT2D eigenvalue weighted by Gasteiger charge is -2.11. The Morgan fingerprint density at radius 1 is 1.08 bits per heavy atom. The van der Waals surface area contributed by atoms with Gasteiger partial charge in [0.2, 0.25) is 0 Å². The van der Waals surface area contributed by atoms with Crippen molar-refractivity contribution in [3.8, 4) is 10.8 Å². The quantitative estimate of drug-likeness (QED) is 0.658. The SMILES string of the molecule is Cc1ccc(-c2nc(C)c(C(=O)ON3C(=O)c4ccccc4C3=O)s2)o1. The number of amides is 2. The van der Waals surface area contributed by atoms with Crippen LogP contribution in [0.25, 0.3) is 10.8 Å². The maximum absolute atomic E-state index is 12.5. The molecule has 4 rings (SSSR count). The molecule has 130 valence electrons. The molecule has 0 N–H and O–H groups in total. The smallest absolute Gasteiger partial charge is 0.375 e. The molecule has 1 aliphatic heterocycles. The van der Waals surface area contributed by atoms with E-state index >= 15 is 0 Å². The molecule has 1 aromatic carbocycles. The minimum absolute atomic E-state index is 0.200. The second-order valence-corrected chi connectivity index (χ2v) is 6.67. The van der Waals surface area contributed by atoms with Crippen LogP contribution in [0.3, 0.4) is 0 Å². The van der Waals surface area contributed by atoms with Gasteiger partial charge in [-0.2, -0.15) is 0 Å². The average molecular weight is 368 g/mol. The Kier molecular flexibility index (Phi) is 3.69. The number of hydroxylamine groups is 2. The van der Waals surface area contributed by atoms with Crippen LogP contribution in [-0.2, 0) is 4.84 Å². The summed E-state index contributed by atoms with van der Waals surface area (Å²) in [6.07, 6.45) is 0. The molecule has 0 unspecified atom stereocenters. The zero-order valence-electron chi connectivity index (χ0n) is 13.8. The number of fused-ring (bicyclic) bond motifs is 1. The molecule has 3 heterocycles. The van der Waals surface area contributed by atoms with E-state index in [0.717, 1.165) is 17.1 Å². The summed E-state index contributed by atoms with van der Waals surface area (Å²) in [5.74, 6) is -0.881. The van der Waals surface area contributed by atoms with Crippen LogP contribution in [0.1, 0.15) is 41.8 Å². The predicted molar refractivity (Wildman–Crippen MR) is 91.6 cm³/mol. The first kappa shape index (κ1) is 16.2. The number of thiazole rings is 1. The van der Waals surface area contributed by atoms with E-state index in [1.54, 1.807) is 38.1 Å². The third-order valence-electron chi connectivity index (χ3n) is 3.86. The van der Waals surface area contributed by atoms with Gasteiger partial charge in [-0.15, -0.1) is 11.3 Å². The molecule has 0 saturated carbocycles. The van der Waals surface area contributed by atoms with Crippen molar-refractivity contribution in [3.05, 3.63) is 63.9 Å². The number of benzene rings is 1. The Bertz CT molecular complexity index is 1030. The topological polar surface area (TPSA) is 89.7 Å². The zero-order valence-corrected chi connectivity index (χ0v) is 14.6. The molecule has 1 aliphatic rings. The van der Waals surface area contributed by atoms with E-state index in [2.05, 4.69) is 4.98 Å². The molecule has 8 heteroatoms. The van der Waals surface area contributed by atoms with Gasteiger partial charge < -0.3 is 9.25 Å². The van der Waals surface area contributed by atoms with Gasteiger partial charge in [-0.1, -0.05) is 17.2 Å². The van der Waals surface area contributed by atoms with Crippen molar-refractivity contribution in [1.29, 1.82) is 0 Å². The number of furan rings is 1. The number of aryl methyl sites for hydroxylation is 2. The number of carbonyl (C=O) groups is 3. The Hall–Kier alpha value is -3.26. The lowest BCUT2D eigenvalue weighted by atomic mass is 10.1. The van der Waals surface area contributed by atoms with Gasteiger partial charge in [0.1, 0.15) is 10.6 Å². The second-order valence-electron chi connectivity index (χ2n) is 5.67. The normalized spacial score (nSPS) is 13.2. The molecule has 0 bridgehead atoms. The summed E-state index contributed by atoms with van der Waals surface area (Å²) in [5.41, 5.74) is 0.844. The summed E-state index contributed by atoms with van der Waals surface area (Å²) in [6, 6.07) is 9.85. The largest absolute Gasteiger partial charge is 0.459 e. The average Bonchev–Trinajstić information content (AvgIpc) is 3.29. The summed E-state index contributed by atoms with van der Waals surface area (Å²) in [6.45, 7) is 3.45. The summed E-state index contributed by atoms with van der Waals surface area (Å²) >= 11 is 1.08. The first-order chi connectivity index (χ1) is 12.5. The van der Waals surface area contributed by atoms with Crippen molar-refractivity contribution in [1.82, 2.24) is 10.0 Å². The molecule has 3 aromatic rings. The highest BCUT2D eigenvalue weighted by molar-refractivity contribution is 7.17. The van der Waals surface area contributed by atoms with E-state index in [1.165, 1.54) is 12.1 Å². The van der Waals surface area contributed by atoms with Crippen molar-refractivity contribution < 1.29 is 23.6 Å². The lowest BCUT2D eigenvalue weighted by Crippen LogP contribution is -2.32. The van der Waals surface area contributed by atoms with Gasteiger partial charge in [0.05, 0.1) is 16.8 Å². The van der Waals surface area contributed by atoms with Crippen LogP contribution in [0, 0.1) is 13.8 Å². The summed E-state index contributed by atoms with van der Waals surface area (Å²) in [7, 11) is 0. The fourth-order valence-corrected chi connectivity index (χ4v) is 3.52. The maximum atomic E-state index is 12.5. The van der Waals surface area contributed by atoms with Gasteiger partial charge >= 0.3 is 5.97 Å². The number of nitrogens with zero attached hydrogens (tertiary/aromatic N) is 2. The number of imide groups is 1. The van der Waals surface area contributed by atoms with Gasteiger partial charge in [-0.3, -0.25) is 9.59 Å². The standard InChI is InChI=1S/C18H12N2O5S/c1-9-7-8-13(24-9)15-19-10(2)14(26-15)18(23)25-20-16(21)11-5-3-4-6-12(11)17(20)22/h3-8H,1-2H3. The van der Waals surface area contributed by atoms with Crippen LogP contribution < -0.4 is 0 Å². The summed E-state index contributed by atoms with van der Waals surface area (Å²) < 4.78 is 5.50. The van der Waals surface area contributed by atoms with Crippen LogP contribution in [0.15, 0.2) is 40.8 Å². The fraction of sp³-hybridized carbons (Fsp3) is 0.111. The van der Waals surface area contributed by atoms with Crippen molar-refractivity contribution in [3.63, 3.8) is 0 Å². The molecule has 0 aliphatic carbocycles. The van der Waals surface area contributed by atoms with Crippen molar-refractivity contribution in [2.24, 2.45) is 0 Å². The van der Waals surface area contributed by atoms with Crippen molar-refractivity contribution in [2.45, 2.75) is 13.8 Å². The third kappa shape index (κ3) is 2.51. The molecule has 26 heavy (non-hydrogen) atoms. The third-order valence-corrected chi connectivity index (χ3v) is 5.02. The molecule has 2 aromatic heterocycles. The lowest BCUT2D eigenvalue weighted by molar-refractivity contribution is -0.0581.